The van der Waals surface area contributed by atoms with Crippen LogP contribution in [0.4, 0.5) is 0 Å². The van der Waals surface area contributed by atoms with E-state index in [2.05, 4.69) is 51.6 Å². The van der Waals surface area contributed by atoms with Crippen molar-refractivity contribution in [3.63, 3.8) is 0 Å². The van der Waals surface area contributed by atoms with Gasteiger partial charge in [-0.15, -0.1) is 0 Å². The molecule has 3 rings (SSSR count). The molecule has 1 aromatic carbocycles. The van der Waals surface area contributed by atoms with E-state index in [4.69, 9.17) is 12.2 Å². The molecule has 0 unspecified atom stereocenters. The summed E-state index contributed by atoms with van der Waals surface area (Å²) in [6, 6.07) is 8.36. The van der Waals surface area contributed by atoms with Crippen LogP contribution in [0.3, 0.4) is 0 Å². The average Bonchev–Trinajstić information content (AvgIpc) is 2.87. The minimum atomic E-state index is -0.340. The topological polar surface area (TPSA) is 80.9 Å². The van der Waals surface area contributed by atoms with Crippen molar-refractivity contribution in [2.45, 2.75) is 34.2 Å². The molecular formula is C18H20N6OS. The number of rotatable bonds is 4. The van der Waals surface area contributed by atoms with Crippen LogP contribution in [-0.2, 0) is 6.54 Å². The van der Waals surface area contributed by atoms with Crippen molar-refractivity contribution in [3.05, 3.63) is 73.2 Å². The van der Waals surface area contributed by atoms with Crippen molar-refractivity contribution in [3.8, 4) is 0 Å². The predicted molar refractivity (Wildman–Crippen MR) is 103 cm³/mol. The number of aromatic nitrogens is 5. The van der Waals surface area contributed by atoms with Crippen LogP contribution in [0.25, 0.3) is 0 Å². The molecule has 0 bridgehead atoms. The second kappa shape index (κ2) is 7.17. The standard InChI is InChI=1S/C18H20N6OS/c1-11-5-7-15(8-6-11)10-23-14(4)16(12(2)22-23)9-19-24-17(25)13(3)20-21-18(24)26/h5-9H,10H2,1-4H3,(H,21,26)/b19-9-. The Morgan fingerprint density at radius 1 is 1.15 bits per heavy atom. The molecule has 7 nitrogen and oxygen atoms in total. The van der Waals surface area contributed by atoms with Gasteiger partial charge in [0, 0.05) is 11.3 Å². The molecule has 2 aromatic heterocycles. The van der Waals surface area contributed by atoms with Crippen molar-refractivity contribution in [1.29, 1.82) is 0 Å². The van der Waals surface area contributed by atoms with Gasteiger partial charge in [0.2, 0.25) is 4.77 Å². The molecule has 3 aromatic rings. The summed E-state index contributed by atoms with van der Waals surface area (Å²) < 4.78 is 3.22. The number of nitrogens with zero attached hydrogens (tertiary/aromatic N) is 5. The van der Waals surface area contributed by atoms with E-state index in [0.717, 1.165) is 21.6 Å². The highest BCUT2D eigenvalue weighted by molar-refractivity contribution is 7.71. The molecule has 0 saturated carbocycles. The van der Waals surface area contributed by atoms with Gasteiger partial charge >= 0.3 is 0 Å². The van der Waals surface area contributed by atoms with E-state index >= 15 is 0 Å². The first-order valence-electron chi connectivity index (χ1n) is 8.19. The maximum Gasteiger partial charge on any atom is 0.296 e. The fourth-order valence-electron chi connectivity index (χ4n) is 2.61. The summed E-state index contributed by atoms with van der Waals surface area (Å²) >= 11 is 5.09. The van der Waals surface area contributed by atoms with Gasteiger partial charge in [-0.2, -0.15) is 20.0 Å². The predicted octanol–water partition coefficient (Wildman–Crippen LogP) is 2.66. The van der Waals surface area contributed by atoms with Crippen molar-refractivity contribution in [2.24, 2.45) is 5.10 Å². The Bertz CT molecular complexity index is 1090. The summed E-state index contributed by atoms with van der Waals surface area (Å²) in [5, 5.41) is 15.3. The molecule has 0 aliphatic heterocycles. The van der Waals surface area contributed by atoms with Crippen LogP contribution in [0.2, 0.25) is 0 Å². The van der Waals surface area contributed by atoms with E-state index in [-0.39, 0.29) is 10.3 Å². The van der Waals surface area contributed by atoms with E-state index in [1.807, 2.05) is 18.5 Å². The Labute approximate surface area is 156 Å². The quantitative estimate of drug-likeness (QED) is 0.567. The monoisotopic (exact) mass is 368 g/mol. The minimum Gasteiger partial charge on any atom is -0.265 e. The molecule has 134 valence electrons. The highest BCUT2D eigenvalue weighted by atomic mass is 32.1. The summed E-state index contributed by atoms with van der Waals surface area (Å²) in [4.78, 5) is 12.1. The third-order valence-corrected chi connectivity index (χ3v) is 4.47. The Hall–Kier alpha value is -2.87. The van der Waals surface area contributed by atoms with Gasteiger partial charge in [-0.3, -0.25) is 14.6 Å². The maximum absolute atomic E-state index is 12.1. The number of nitrogens with one attached hydrogen (secondary N) is 1. The van der Waals surface area contributed by atoms with Crippen molar-refractivity contribution >= 4 is 18.4 Å². The lowest BCUT2D eigenvalue weighted by Gasteiger charge is -2.05. The van der Waals surface area contributed by atoms with Gasteiger partial charge in [-0.25, -0.2) is 0 Å². The number of benzene rings is 1. The van der Waals surface area contributed by atoms with Crippen LogP contribution >= 0.6 is 12.2 Å². The van der Waals surface area contributed by atoms with E-state index in [1.165, 1.54) is 11.1 Å². The lowest BCUT2D eigenvalue weighted by atomic mass is 10.1. The van der Waals surface area contributed by atoms with E-state index in [0.29, 0.717) is 12.2 Å². The molecular weight excluding hydrogens is 348 g/mol. The van der Waals surface area contributed by atoms with Crippen molar-refractivity contribution in [2.75, 3.05) is 0 Å². The second-order valence-corrected chi connectivity index (χ2v) is 6.59. The van der Waals surface area contributed by atoms with E-state index in [9.17, 15) is 4.79 Å². The van der Waals surface area contributed by atoms with Crippen LogP contribution in [0.15, 0.2) is 34.2 Å². The van der Waals surface area contributed by atoms with Crippen LogP contribution in [0.1, 0.15) is 33.8 Å². The summed E-state index contributed by atoms with van der Waals surface area (Å²) in [5.41, 5.74) is 5.05. The molecule has 0 atom stereocenters. The van der Waals surface area contributed by atoms with Gasteiger partial charge in [-0.1, -0.05) is 29.8 Å². The van der Waals surface area contributed by atoms with Crippen LogP contribution in [0, 0.1) is 32.5 Å². The number of aryl methyl sites for hydroxylation is 3. The summed E-state index contributed by atoms with van der Waals surface area (Å²) in [6.45, 7) is 8.25. The van der Waals surface area contributed by atoms with Crippen molar-refractivity contribution in [1.82, 2.24) is 24.7 Å². The molecule has 1 N–H and O–H groups in total. The maximum atomic E-state index is 12.1. The van der Waals surface area contributed by atoms with E-state index < -0.39 is 0 Å². The summed E-state index contributed by atoms with van der Waals surface area (Å²) in [6.07, 6.45) is 1.62. The Balaban J connectivity index is 1.94. The smallest absolute Gasteiger partial charge is 0.265 e. The zero-order valence-corrected chi connectivity index (χ0v) is 16.0. The Kier molecular flexibility index (Phi) is 4.94. The van der Waals surface area contributed by atoms with Crippen LogP contribution in [-0.4, -0.2) is 30.9 Å². The first kappa shape index (κ1) is 17.9. The van der Waals surface area contributed by atoms with Crippen LogP contribution < -0.4 is 5.56 Å². The van der Waals surface area contributed by atoms with Gasteiger partial charge in [-0.05, 0) is 45.5 Å². The Morgan fingerprint density at radius 3 is 2.54 bits per heavy atom. The average molecular weight is 368 g/mol. The molecule has 0 spiro atoms. The third kappa shape index (κ3) is 3.55. The second-order valence-electron chi connectivity index (χ2n) is 6.20. The highest BCUT2D eigenvalue weighted by Crippen LogP contribution is 2.13. The first-order valence-corrected chi connectivity index (χ1v) is 8.60. The lowest BCUT2D eigenvalue weighted by Crippen LogP contribution is -2.22. The molecule has 2 heterocycles. The third-order valence-electron chi connectivity index (χ3n) is 4.21. The molecule has 0 amide bonds. The zero-order chi connectivity index (χ0) is 18.8. The number of aromatic amines is 1. The SMILES string of the molecule is Cc1ccc(Cn2nc(C)c(/C=N\n3c(=S)[nH]nc(C)c3=O)c2C)cc1. The summed E-state index contributed by atoms with van der Waals surface area (Å²) in [5.74, 6) is 0. The molecule has 0 saturated heterocycles. The largest absolute Gasteiger partial charge is 0.296 e. The fourth-order valence-corrected chi connectivity index (χ4v) is 2.79. The zero-order valence-electron chi connectivity index (χ0n) is 15.1. The number of hydrogen-bond acceptors (Lipinski definition) is 5. The van der Waals surface area contributed by atoms with Crippen LogP contribution in [0.5, 0.6) is 0 Å². The van der Waals surface area contributed by atoms with Gasteiger partial charge in [0.1, 0.15) is 5.69 Å². The number of hydrogen-bond donors (Lipinski definition) is 1. The van der Waals surface area contributed by atoms with Gasteiger partial charge in [0.25, 0.3) is 5.56 Å². The summed E-state index contributed by atoms with van der Waals surface area (Å²) in [7, 11) is 0. The van der Waals surface area contributed by atoms with E-state index in [1.54, 1.807) is 13.1 Å². The first-order chi connectivity index (χ1) is 12.4. The van der Waals surface area contributed by atoms with Gasteiger partial charge in [0.05, 0.1) is 18.5 Å². The molecule has 0 aliphatic carbocycles. The van der Waals surface area contributed by atoms with Gasteiger partial charge < -0.3 is 0 Å². The normalized spacial score (nSPS) is 11.4. The molecule has 0 radical (unpaired) electrons. The van der Waals surface area contributed by atoms with Gasteiger partial charge in [0.15, 0.2) is 0 Å². The molecule has 0 fully saturated rings. The molecule has 0 aliphatic rings. The minimum absolute atomic E-state index is 0.152. The Morgan fingerprint density at radius 2 is 1.85 bits per heavy atom. The fraction of sp³-hybridized carbons (Fsp3) is 0.278. The van der Waals surface area contributed by atoms with Crippen molar-refractivity contribution < 1.29 is 0 Å². The molecule has 26 heavy (non-hydrogen) atoms. The number of H-pyrrole nitrogens is 1. The lowest BCUT2D eigenvalue weighted by molar-refractivity contribution is 0.659. The molecule has 8 heteroatoms. The highest BCUT2D eigenvalue weighted by Gasteiger charge is 2.11.